The highest BCUT2D eigenvalue weighted by molar-refractivity contribution is 8.26. The fraction of sp³-hybridized carbons (Fsp3) is 0.600. The van der Waals surface area contributed by atoms with E-state index in [1.54, 1.807) is 34.3 Å². The van der Waals surface area contributed by atoms with Crippen molar-refractivity contribution in [1.29, 1.82) is 0 Å². The van der Waals surface area contributed by atoms with Crippen LogP contribution in [-0.4, -0.2) is 133 Å². The first-order valence-electron chi connectivity index (χ1n) is 17.0. The Kier molecular flexibility index (Phi) is 22.0. The lowest BCUT2D eigenvalue weighted by atomic mass is 9.93. The smallest absolute Gasteiger partial charge is 0.265 e. The van der Waals surface area contributed by atoms with Crippen molar-refractivity contribution in [2.24, 2.45) is 29.6 Å². The minimum atomic E-state index is -0.563. The Balaban J connectivity index is 0.000000706. The molecule has 4 aliphatic heterocycles. The summed E-state index contributed by atoms with van der Waals surface area (Å²) >= 11 is 22.3. The van der Waals surface area contributed by atoms with Crippen molar-refractivity contribution < 1.29 is 28.8 Å². The Morgan fingerprint density at radius 1 is 0.600 bits per heavy atom. The summed E-state index contributed by atoms with van der Waals surface area (Å²) in [6.07, 6.45) is 4.96. The number of likely N-dealkylation sites (N-methyl/N-ethyl adjacent to an activating group) is 2. The van der Waals surface area contributed by atoms with Gasteiger partial charge < -0.3 is 9.62 Å². The van der Waals surface area contributed by atoms with Gasteiger partial charge in [-0.05, 0) is 60.9 Å². The van der Waals surface area contributed by atoms with E-state index in [0.29, 0.717) is 37.7 Å². The van der Waals surface area contributed by atoms with Crippen LogP contribution < -0.4 is 0 Å². The molecule has 0 aliphatic carbocycles. The normalized spacial score (nSPS) is 20.2. The first kappa shape index (κ1) is 52.5. The third kappa shape index (κ3) is 14.4. The summed E-state index contributed by atoms with van der Waals surface area (Å²) in [5.74, 6) is -0.518. The molecule has 4 radical (unpaired) electrons. The van der Waals surface area contributed by atoms with Crippen LogP contribution in [0.3, 0.4) is 0 Å². The molecule has 1 atom stereocenters. The van der Waals surface area contributed by atoms with Gasteiger partial charge in [-0.15, -0.1) is 0 Å². The second-order valence-electron chi connectivity index (χ2n) is 14.1. The molecule has 20 heteroatoms. The first-order valence-corrected chi connectivity index (χ1v) is 20.3. The molecule has 0 bridgehead atoms. The van der Waals surface area contributed by atoms with Crippen molar-refractivity contribution in [3.05, 3.63) is 22.6 Å². The molecule has 55 heavy (non-hydrogen) atoms. The number of rotatable bonds is 6. The number of thiocarbonyl (C=S) groups is 4. The number of nitrogens with zero attached hydrogens (tertiary/aromatic N) is 6. The van der Waals surface area contributed by atoms with Gasteiger partial charge in [0.05, 0.1) is 10.2 Å². The van der Waals surface area contributed by atoms with Gasteiger partial charge in [0, 0.05) is 28.2 Å². The molecule has 0 N–H and O–H groups in total. The van der Waals surface area contributed by atoms with Gasteiger partial charge in [-0.1, -0.05) is 123 Å². The van der Waals surface area contributed by atoms with Crippen LogP contribution in [0, 0.1) is 29.6 Å². The van der Waals surface area contributed by atoms with E-state index in [-0.39, 0.29) is 69.8 Å². The van der Waals surface area contributed by atoms with Crippen LogP contribution in [0.4, 0.5) is 0 Å². The highest BCUT2D eigenvalue weighted by Crippen LogP contribution is 2.31. The first-order chi connectivity index (χ1) is 24.8. The predicted octanol–water partition coefficient (Wildman–Crippen LogP) is 5.10. The van der Waals surface area contributed by atoms with Gasteiger partial charge in [0.1, 0.15) is 20.1 Å². The Morgan fingerprint density at radius 3 is 1.35 bits per heavy atom. The molecule has 0 saturated carbocycles. The fourth-order valence-corrected chi connectivity index (χ4v) is 8.01. The van der Waals surface area contributed by atoms with Gasteiger partial charge in [0.25, 0.3) is 17.7 Å². The summed E-state index contributed by atoms with van der Waals surface area (Å²) in [7, 11) is 17.1. The van der Waals surface area contributed by atoms with E-state index in [0.717, 1.165) is 16.0 Å². The van der Waals surface area contributed by atoms with Crippen LogP contribution in [-0.2, 0) is 28.8 Å². The average Bonchev–Trinajstić information content (AvgIpc) is 3.47. The van der Waals surface area contributed by atoms with Crippen LogP contribution in [0.2, 0.25) is 0 Å². The minimum absolute atomic E-state index is 0. The molecule has 6 amide bonds. The zero-order valence-corrected chi connectivity index (χ0v) is 37.7. The minimum Gasteiger partial charge on any atom is -0.354 e. The third-order valence-corrected chi connectivity index (χ3v) is 11.6. The number of amides is 6. The number of thioether (sulfide) groups is 2. The number of allylic oxidation sites excluding steroid dienone is 2. The molecule has 4 aliphatic rings. The van der Waals surface area contributed by atoms with Crippen molar-refractivity contribution in [3.8, 4) is 0 Å². The van der Waals surface area contributed by atoms with Crippen LogP contribution in [0.15, 0.2) is 22.6 Å². The van der Waals surface area contributed by atoms with Crippen LogP contribution >= 0.6 is 72.4 Å². The summed E-state index contributed by atoms with van der Waals surface area (Å²) in [6, 6.07) is 0. The van der Waals surface area contributed by atoms with Gasteiger partial charge in [-0.3, -0.25) is 48.4 Å². The lowest BCUT2D eigenvalue weighted by Crippen LogP contribution is -2.56. The monoisotopic (exact) mass is 866 g/mol. The fourth-order valence-electron chi connectivity index (χ4n) is 4.83. The lowest BCUT2D eigenvalue weighted by molar-refractivity contribution is -0.146. The number of hydrogen-bond donors (Lipinski definition) is 0. The Morgan fingerprint density at radius 2 is 1.02 bits per heavy atom. The van der Waals surface area contributed by atoms with Gasteiger partial charge in [0.2, 0.25) is 33.7 Å². The number of hydrogen-bond acceptors (Lipinski definition) is 12. The Labute approximate surface area is 359 Å². The zero-order chi connectivity index (χ0) is 42.1. The van der Waals surface area contributed by atoms with E-state index in [1.165, 1.54) is 43.1 Å². The molecule has 4 heterocycles. The SMILES string of the molecule is C.CC(C)C=C1C(=O)N(C)C(=S)N(C)C1=O.CC(C)CC1C(=O)N(C)C(=S)N(C)C1=O.[B]N1C(=O)/C(=C\C(C)C)SC1=S.[B]N1C(=O)C(CC(C)C)SC1=S. The van der Waals surface area contributed by atoms with E-state index in [1.807, 2.05) is 47.6 Å². The quantitative estimate of drug-likeness (QED) is 0.116. The second-order valence-corrected chi connectivity index (χ2v) is 18.4. The standard InChI is InChI=1S/C10H16N2O2S.C10H14N2O2S.C7H10BNOS2.C7H8BNOS2.CH4/c2*1-6(2)5-7-8(13)11(3)10(15)12(4)9(7)14;2*1-4(2)3-5-6(10)9(8)7(11)12-5;/h6-7H,5H2,1-4H3;5-6H,1-4H3;4-5H,3H2,1-2H3;3-4H,1-2H3;1H4/b;;;5-3+;. The van der Waals surface area contributed by atoms with Gasteiger partial charge >= 0.3 is 0 Å². The summed E-state index contributed by atoms with van der Waals surface area (Å²) < 4.78 is 0.914. The molecule has 0 aromatic heterocycles. The number of carbonyl (C=O) groups excluding carboxylic acids is 6. The van der Waals surface area contributed by atoms with E-state index in [2.05, 4.69) is 13.8 Å². The molecule has 12 nitrogen and oxygen atoms in total. The maximum absolute atomic E-state index is 11.8. The Bertz CT molecular complexity index is 1570. The maximum Gasteiger partial charge on any atom is 0.265 e. The molecule has 0 aromatic carbocycles. The predicted molar refractivity (Wildman–Crippen MR) is 241 cm³/mol. The summed E-state index contributed by atoms with van der Waals surface area (Å²) in [5, 5.41) is 0.471. The molecule has 1 unspecified atom stereocenters. The molecule has 300 valence electrons. The van der Waals surface area contributed by atoms with Crippen LogP contribution in [0.5, 0.6) is 0 Å². The molecule has 0 aromatic rings. The van der Waals surface area contributed by atoms with E-state index < -0.39 is 5.92 Å². The topological polar surface area (TPSA) is 122 Å². The maximum atomic E-state index is 11.8. The van der Waals surface area contributed by atoms with Crippen LogP contribution in [0.1, 0.15) is 75.7 Å². The van der Waals surface area contributed by atoms with Crippen molar-refractivity contribution in [1.82, 2.24) is 29.2 Å². The molecule has 4 saturated heterocycles. The lowest BCUT2D eigenvalue weighted by Gasteiger charge is -2.35. The summed E-state index contributed by atoms with van der Waals surface area (Å²) in [5.41, 5.74) is 0.198. The van der Waals surface area contributed by atoms with Crippen molar-refractivity contribution in [2.45, 2.75) is 80.9 Å². The molecule has 4 rings (SSSR count). The Hall–Kier alpha value is -2.51. The largest absolute Gasteiger partial charge is 0.354 e. The highest BCUT2D eigenvalue weighted by atomic mass is 32.2. The van der Waals surface area contributed by atoms with Crippen LogP contribution in [0.25, 0.3) is 0 Å². The van der Waals surface area contributed by atoms with Crippen molar-refractivity contribution >= 4 is 143 Å². The second kappa shape index (κ2) is 23.0. The van der Waals surface area contributed by atoms with E-state index >= 15 is 0 Å². The number of carbonyl (C=O) groups is 6. The molecule has 4 fully saturated rings. The molecule has 0 spiro atoms. The molecular weight excluding hydrogens is 814 g/mol. The molecular formula is C35H52B2N6O6S6. The summed E-state index contributed by atoms with van der Waals surface area (Å²) in [6.45, 7) is 16.0. The van der Waals surface area contributed by atoms with E-state index in [9.17, 15) is 28.8 Å². The van der Waals surface area contributed by atoms with Crippen molar-refractivity contribution in [2.75, 3.05) is 28.2 Å². The van der Waals surface area contributed by atoms with Gasteiger partial charge in [0.15, 0.2) is 10.2 Å². The van der Waals surface area contributed by atoms with E-state index in [4.69, 9.17) is 64.8 Å². The summed E-state index contributed by atoms with van der Waals surface area (Å²) in [4.78, 5) is 77.9. The highest BCUT2D eigenvalue weighted by Gasteiger charge is 2.40. The van der Waals surface area contributed by atoms with Gasteiger partial charge in [-0.2, -0.15) is 0 Å². The third-order valence-electron chi connectivity index (χ3n) is 7.63. The average molecular weight is 867 g/mol. The van der Waals surface area contributed by atoms with Crippen molar-refractivity contribution in [3.63, 3.8) is 0 Å². The zero-order valence-electron chi connectivity index (χ0n) is 32.8. The van der Waals surface area contributed by atoms with Gasteiger partial charge in [-0.25, -0.2) is 0 Å².